The van der Waals surface area contributed by atoms with E-state index in [2.05, 4.69) is 41.9 Å². The number of likely N-dealkylation sites (N-methyl/N-ethyl adjacent to an activating group) is 1. The molecule has 1 saturated carbocycles. The van der Waals surface area contributed by atoms with Gasteiger partial charge in [-0.1, -0.05) is 23.3 Å². The Labute approximate surface area is 216 Å². The standard InChI is InChI=1S/C23H22ClN11O2/c1-26-17-10-28-22-21(29-14-3-4-14)31-23(32-35(17)22)30-15-7-13(9-25)8-16(20(15)24)34-6-5-33(12-19(34)37)11-18(36)27-2/h7-8,10,14H,3-6,11-12H2,2H3,(H,27,36)(H2,29,30,31,32). The van der Waals surface area contributed by atoms with Gasteiger partial charge in [0.25, 0.3) is 17.4 Å². The average molecular weight is 520 g/mol. The van der Waals surface area contributed by atoms with E-state index in [9.17, 15) is 14.9 Å². The highest BCUT2D eigenvalue weighted by atomic mass is 35.5. The van der Waals surface area contributed by atoms with Gasteiger partial charge in [0.1, 0.15) is 0 Å². The molecule has 2 aromatic heterocycles. The second-order valence-corrected chi connectivity index (χ2v) is 9.07. The van der Waals surface area contributed by atoms with E-state index in [1.807, 2.05) is 0 Å². The zero-order chi connectivity index (χ0) is 26.1. The number of nitriles is 1. The van der Waals surface area contributed by atoms with Crippen molar-refractivity contribution in [3.63, 3.8) is 0 Å². The van der Waals surface area contributed by atoms with E-state index in [0.717, 1.165) is 12.8 Å². The summed E-state index contributed by atoms with van der Waals surface area (Å²) in [5, 5.41) is 23.2. The molecule has 3 N–H and O–H groups in total. The number of imidazole rings is 1. The van der Waals surface area contributed by atoms with Crippen LogP contribution < -0.4 is 20.9 Å². The first kappa shape index (κ1) is 24.2. The van der Waals surface area contributed by atoms with Crippen LogP contribution in [0.25, 0.3) is 10.5 Å². The molecule has 1 aliphatic heterocycles. The van der Waals surface area contributed by atoms with Crippen LogP contribution in [-0.2, 0) is 9.59 Å². The maximum absolute atomic E-state index is 13.0. The number of amides is 2. The molecule has 0 unspecified atom stereocenters. The number of fused-ring (bicyclic) bond motifs is 1. The summed E-state index contributed by atoms with van der Waals surface area (Å²) in [6.07, 6.45) is 3.45. The lowest BCUT2D eigenvalue weighted by Crippen LogP contribution is -2.52. The first-order chi connectivity index (χ1) is 17.9. The lowest BCUT2D eigenvalue weighted by Gasteiger charge is -2.34. The molecule has 1 aliphatic carbocycles. The van der Waals surface area contributed by atoms with Gasteiger partial charge in [0.2, 0.25) is 11.8 Å². The third-order valence-corrected chi connectivity index (χ3v) is 6.44. The second kappa shape index (κ2) is 9.89. The number of nitrogens with one attached hydrogen (secondary N) is 3. The quantitative estimate of drug-likeness (QED) is 0.398. The fraction of sp³-hybridized carbons (Fsp3) is 0.348. The number of carbonyl (C=O) groups is 2. The van der Waals surface area contributed by atoms with Crippen LogP contribution in [-0.4, -0.2) is 75.6 Å². The van der Waals surface area contributed by atoms with Gasteiger partial charge in [-0.25, -0.2) is 4.98 Å². The van der Waals surface area contributed by atoms with E-state index >= 15 is 0 Å². The van der Waals surface area contributed by atoms with Gasteiger partial charge in [-0.2, -0.15) is 10.2 Å². The van der Waals surface area contributed by atoms with Crippen molar-refractivity contribution in [3.8, 4) is 6.07 Å². The summed E-state index contributed by atoms with van der Waals surface area (Å²) in [6.45, 7) is 8.33. The molecule has 3 aromatic rings. The van der Waals surface area contributed by atoms with Gasteiger partial charge in [0.15, 0.2) is 5.82 Å². The minimum atomic E-state index is -0.244. The first-order valence-electron chi connectivity index (χ1n) is 11.5. The summed E-state index contributed by atoms with van der Waals surface area (Å²) in [5.41, 5.74) is 1.41. The number of aromatic nitrogens is 4. The highest BCUT2D eigenvalue weighted by Crippen LogP contribution is 2.37. The van der Waals surface area contributed by atoms with Crippen LogP contribution in [0.1, 0.15) is 18.4 Å². The maximum atomic E-state index is 13.0. The Hall–Kier alpha value is -4.46. The van der Waals surface area contributed by atoms with Crippen molar-refractivity contribution in [1.82, 2.24) is 29.8 Å². The number of nitrogens with zero attached hydrogens (tertiary/aromatic N) is 8. The fourth-order valence-electron chi connectivity index (χ4n) is 3.99. The maximum Gasteiger partial charge on any atom is 0.275 e. The van der Waals surface area contributed by atoms with Gasteiger partial charge in [-0.05, 0) is 25.0 Å². The molecule has 188 valence electrons. The molecule has 0 spiro atoms. The minimum absolute atomic E-state index is 0.0410. The molecule has 0 bridgehead atoms. The third-order valence-electron chi connectivity index (χ3n) is 6.04. The van der Waals surface area contributed by atoms with E-state index in [-0.39, 0.29) is 53.3 Å². The van der Waals surface area contributed by atoms with Crippen molar-refractivity contribution in [2.75, 3.05) is 48.8 Å². The molecule has 0 radical (unpaired) electrons. The van der Waals surface area contributed by atoms with Crippen molar-refractivity contribution in [2.45, 2.75) is 18.9 Å². The van der Waals surface area contributed by atoms with Gasteiger partial charge < -0.3 is 25.7 Å². The molecule has 14 heteroatoms. The number of halogens is 1. The van der Waals surface area contributed by atoms with Crippen molar-refractivity contribution in [1.29, 1.82) is 5.26 Å². The molecule has 1 saturated heterocycles. The predicted octanol–water partition coefficient (Wildman–Crippen LogP) is 1.91. The SMILES string of the molecule is [C-]#[N+]c1cnc2c(NC3CC3)nc(Nc3cc(C#N)cc(N4CCN(CC(=O)NC)CC4=O)c3Cl)nn12. The van der Waals surface area contributed by atoms with E-state index in [1.54, 1.807) is 24.1 Å². The van der Waals surface area contributed by atoms with Crippen LogP contribution in [0.3, 0.4) is 0 Å². The molecule has 3 heterocycles. The Morgan fingerprint density at radius 1 is 1.35 bits per heavy atom. The lowest BCUT2D eigenvalue weighted by molar-refractivity contribution is -0.125. The highest BCUT2D eigenvalue weighted by Gasteiger charge is 2.29. The van der Waals surface area contributed by atoms with Crippen LogP contribution in [0.2, 0.25) is 5.02 Å². The summed E-state index contributed by atoms with van der Waals surface area (Å²) in [4.78, 5) is 40.2. The third kappa shape index (κ3) is 4.95. The molecule has 5 rings (SSSR count). The highest BCUT2D eigenvalue weighted by molar-refractivity contribution is 6.36. The Bertz CT molecular complexity index is 1480. The van der Waals surface area contributed by atoms with E-state index < -0.39 is 0 Å². The van der Waals surface area contributed by atoms with Crippen LogP contribution in [0.4, 0.5) is 29.0 Å². The Morgan fingerprint density at radius 3 is 2.84 bits per heavy atom. The summed E-state index contributed by atoms with van der Waals surface area (Å²) in [7, 11) is 1.55. The predicted molar refractivity (Wildman–Crippen MR) is 136 cm³/mol. The number of benzene rings is 1. The second-order valence-electron chi connectivity index (χ2n) is 8.69. The Kier molecular flexibility index (Phi) is 6.48. The summed E-state index contributed by atoms with van der Waals surface area (Å²) in [6, 6.07) is 5.48. The number of hydrogen-bond donors (Lipinski definition) is 3. The zero-order valence-electron chi connectivity index (χ0n) is 19.8. The van der Waals surface area contributed by atoms with Crippen molar-refractivity contribution >= 4 is 58.0 Å². The van der Waals surface area contributed by atoms with Crippen LogP contribution in [0.15, 0.2) is 18.3 Å². The largest absolute Gasteiger partial charge is 0.362 e. The number of carbonyl (C=O) groups excluding carboxylic acids is 2. The molecular formula is C23H22ClN11O2. The fourth-order valence-corrected chi connectivity index (χ4v) is 4.25. The van der Waals surface area contributed by atoms with Crippen LogP contribution in [0.5, 0.6) is 0 Å². The summed E-state index contributed by atoms with van der Waals surface area (Å²) in [5.74, 6) is 0.418. The number of hydrogen-bond acceptors (Lipinski definition) is 9. The van der Waals surface area contributed by atoms with Crippen molar-refractivity contribution < 1.29 is 9.59 Å². The van der Waals surface area contributed by atoms with Gasteiger partial charge in [0.05, 0.1) is 47.3 Å². The van der Waals surface area contributed by atoms with E-state index in [1.165, 1.54) is 15.6 Å². The lowest BCUT2D eigenvalue weighted by atomic mass is 10.1. The molecule has 2 amide bonds. The normalized spacial score (nSPS) is 15.8. The first-order valence-corrected chi connectivity index (χ1v) is 11.9. The number of rotatable bonds is 7. The molecule has 0 atom stereocenters. The van der Waals surface area contributed by atoms with Crippen LogP contribution >= 0.6 is 11.6 Å². The molecule has 37 heavy (non-hydrogen) atoms. The average Bonchev–Trinajstić information content (AvgIpc) is 3.61. The van der Waals surface area contributed by atoms with Gasteiger partial charge in [-0.3, -0.25) is 14.5 Å². The number of anilines is 4. The Morgan fingerprint density at radius 2 is 2.16 bits per heavy atom. The molecule has 2 aliphatic rings. The minimum Gasteiger partial charge on any atom is -0.362 e. The topological polar surface area (TPSA) is 148 Å². The Balaban J connectivity index is 1.47. The zero-order valence-corrected chi connectivity index (χ0v) is 20.6. The summed E-state index contributed by atoms with van der Waals surface area (Å²) >= 11 is 6.74. The molecule has 2 fully saturated rings. The molecule has 1 aromatic carbocycles. The van der Waals surface area contributed by atoms with Gasteiger partial charge in [-0.15, -0.1) is 4.52 Å². The molecular weight excluding hydrogens is 498 g/mol. The summed E-state index contributed by atoms with van der Waals surface area (Å²) < 4.78 is 1.39. The smallest absolute Gasteiger partial charge is 0.275 e. The van der Waals surface area contributed by atoms with E-state index in [4.69, 9.17) is 18.2 Å². The number of piperazine rings is 1. The monoisotopic (exact) mass is 519 g/mol. The van der Waals surface area contributed by atoms with Gasteiger partial charge >= 0.3 is 0 Å². The van der Waals surface area contributed by atoms with Gasteiger partial charge in [0, 0.05) is 26.2 Å². The van der Waals surface area contributed by atoms with Crippen molar-refractivity contribution in [3.05, 3.63) is 40.3 Å². The van der Waals surface area contributed by atoms with Crippen LogP contribution in [0, 0.1) is 17.9 Å². The van der Waals surface area contributed by atoms with Crippen molar-refractivity contribution in [2.24, 2.45) is 0 Å². The van der Waals surface area contributed by atoms with E-state index in [0.29, 0.717) is 35.9 Å². The molecule has 13 nitrogen and oxygen atoms in total.